The molecule has 4 nitrogen and oxygen atoms in total. The van der Waals surface area contributed by atoms with Crippen LogP contribution in [0.3, 0.4) is 0 Å². The molecular weight excluding hydrogens is 366 g/mol. The van der Waals surface area contributed by atoms with Gasteiger partial charge in [-0.15, -0.1) is 11.3 Å². The zero-order chi connectivity index (χ0) is 19.9. The van der Waals surface area contributed by atoms with E-state index in [-0.39, 0.29) is 5.78 Å². The predicted octanol–water partition coefficient (Wildman–Crippen LogP) is 5.26. The van der Waals surface area contributed by atoms with Crippen LogP contribution in [0.1, 0.15) is 42.6 Å². The molecule has 0 amide bonds. The molecule has 28 heavy (non-hydrogen) atoms. The van der Waals surface area contributed by atoms with Crippen LogP contribution < -0.4 is 0 Å². The number of ketones is 1. The van der Waals surface area contributed by atoms with Gasteiger partial charge in [0, 0.05) is 0 Å². The Bertz CT molecular complexity index is 1170. The Balaban J connectivity index is 1.76. The lowest BCUT2D eigenvalue weighted by Crippen LogP contribution is -1.93. The second-order valence-electron chi connectivity index (χ2n) is 5.97. The summed E-state index contributed by atoms with van der Waals surface area (Å²) in [7, 11) is 0. The lowest BCUT2D eigenvalue weighted by Gasteiger charge is -1.94. The van der Waals surface area contributed by atoms with E-state index in [0.29, 0.717) is 21.7 Å². The molecule has 0 saturated heterocycles. The molecular formula is C23H15N3OS. The smallest absolute Gasteiger partial charge is 0.197 e. The fraction of sp³-hybridized carbons (Fsp3) is 0.0435. The fourth-order valence-electron chi connectivity index (χ4n) is 2.56. The van der Waals surface area contributed by atoms with Crippen molar-refractivity contribution in [3.63, 3.8) is 0 Å². The van der Waals surface area contributed by atoms with E-state index in [0.717, 1.165) is 16.1 Å². The molecule has 1 aromatic heterocycles. The van der Waals surface area contributed by atoms with Crippen LogP contribution in [-0.2, 0) is 0 Å². The van der Waals surface area contributed by atoms with Gasteiger partial charge < -0.3 is 0 Å². The maximum atomic E-state index is 12.5. The Morgan fingerprint density at radius 3 is 2.18 bits per heavy atom. The second kappa shape index (κ2) is 8.73. The number of carbonyl (C=O) groups excluding carboxylic acids is 1. The highest BCUT2D eigenvalue weighted by molar-refractivity contribution is 7.14. The van der Waals surface area contributed by atoms with E-state index in [2.05, 4.69) is 17.1 Å². The number of allylic oxidation sites excluding steroid dienone is 1. The zero-order valence-electron chi connectivity index (χ0n) is 15.1. The summed E-state index contributed by atoms with van der Waals surface area (Å²) in [6.45, 7) is 1.81. The number of hydrogen-bond donors (Lipinski definition) is 0. The third kappa shape index (κ3) is 4.67. The van der Waals surface area contributed by atoms with Crippen LogP contribution in [0, 0.1) is 29.6 Å². The monoisotopic (exact) mass is 381 g/mol. The Hall–Kier alpha value is -3.80. The van der Waals surface area contributed by atoms with Crippen LogP contribution in [0.25, 0.3) is 18.2 Å². The molecule has 0 atom stereocenters. The van der Waals surface area contributed by atoms with E-state index in [1.165, 1.54) is 17.4 Å². The number of thiazole rings is 1. The molecule has 0 bridgehead atoms. The molecule has 0 spiro atoms. The highest BCUT2D eigenvalue weighted by Crippen LogP contribution is 2.22. The second-order valence-corrected chi connectivity index (χ2v) is 7.00. The van der Waals surface area contributed by atoms with Crippen LogP contribution in [0.5, 0.6) is 0 Å². The van der Waals surface area contributed by atoms with Crippen molar-refractivity contribution in [3.8, 4) is 12.1 Å². The highest BCUT2D eigenvalue weighted by Gasteiger charge is 2.11. The van der Waals surface area contributed by atoms with E-state index < -0.39 is 0 Å². The first-order chi connectivity index (χ1) is 13.6. The number of rotatable bonds is 5. The van der Waals surface area contributed by atoms with E-state index in [1.54, 1.807) is 36.4 Å². The van der Waals surface area contributed by atoms with Crippen molar-refractivity contribution < 1.29 is 4.79 Å². The zero-order valence-corrected chi connectivity index (χ0v) is 15.9. The number of benzene rings is 2. The van der Waals surface area contributed by atoms with E-state index in [4.69, 9.17) is 10.5 Å². The van der Waals surface area contributed by atoms with Crippen molar-refractivity contribution in [2.75, 3.05) is 0 Å². The Morgan fingerprint density at radius 2 is 1.57 bits per heavy atom. The minimum atomic E-state index is -0.122. The minimum absolute atomic E-state index is 0.122. The van der Waals surface area contributed by atoms with Crippen molar-refractivity contribution in [1.82, 2.24) is 4.98 Å². The number of nitriles is 2. The largest absolute Gasteiger partial charge is 0.288 e. The van der Waals surface area contributed by atoms with Gasteiger partial charge in [-0.1, -0.05) is 36.4 Å². The molecule has 0 radical (unpaired) electrons. The van der Waals surface area contributed by atoms with Crippen molar-refractivity contribution in [1.29, 1.82) is 10.5 Å². The molecule has 0 unspecified atom stereocenters. The molecule has 134 valence electrons. The summed E-state index contributed by atoms with van der Waals surface area (Å²) in [5.74, 6) is -0.122. The first-order valence-electron chi connectivity index (χ1n) is 8.47. The van der Waals surface area contributed by atoms with E-state index >= 15 is 0 Å². The van der Waals surface area contributed by atoms with Gasteiger partial charge in [-0.25, -0.2) is 4.98 Å². The molecule has 2 aromatic carbocycles. The summed E-state index contributed by atoms with van der Waals surface area (Å²) in [5.41, 5.74) is 3.52. The number of aryl methyl sites for hydroxylation is 1. The number of carbonyl (C=O) groups is 1. The van der Waals surface area contributed by atoms with Crippen molar-refractivity contribution >= 4 is 35.3 Å². The van der Waals surface area contributed by atoms with Gasteiger partial charge in [-0.2, -0.15) is 10.5 Å². The van der Waals surface area contributed by atoms with Gasteiger partial charge in [0.25, 0.3) is 0 Å². The van der Waals surface area contributed by atoms with Crippen LogP contribution in [0.15, 0.2) is 54.6 Å². The first kappa shape index (κ1) is 19.0. The van der Waals surface area contributed by atoms with Crippen LogP contribution in [0.2, 0.25) is 0 Å². The number of nitrogens with zero attached hydrogens (tertiary/aromatic N) is 3. The van der Waals surface area contributed by atoms with Gasteiger partial charge in [0.15, 0.2) is 5.78 Å². The van der Waals surface area contributed by atoms with Crippen LogP contribution in [0.4, 0.5) is 0 Å². The number of aromatic nitrogens is 1. The topological polar surface area (TPSA) is 77.5 Å². The van der Waals surface area contributed by atoms with Gasteiger partial charge in [0.1, 0.15) is 5.01 Å². The molecule has 0 aliphatic carbocycles. The van der Waals surface area contributed by atoms with Gasteiger partial charge in [0.2, 0.25) is 0 Å². The first-order valence-corrected chi connectivity index (χ1v) is 9.29. The third-order valence-electron chi connectivity index (χ3n) is 3.91. The summed E-state index contributed by atoms with van der Waals surface area (Å²) >= 11 is 1.32. The Kier molecular flexibility index (Phi) is 5.91. The van der Waals surface area contributed by atoms with Crippen molar-refractivity contribution in [3.05, 3.63) is 92.4 Å². The maximum Gasteiger partial charge on any atom is 0.197 e. The standard InChI is InChI=1S/C23H15N3OS/c1-16-23(21(27)10-8-17-4-2-6-19(12-17)14-24)28-22(26-16)11-9-18-5-3-7-20(13-18)15-25/h2-13H,1H3. The molecule has 3 rings (SSSR count). The van der Waals surface area contributed by atoms with E-state index in [1.807, 2.05) is 37.3 Å². The Labute approximate surface area is 167 Å². The third-order valence-corrected chi connectivity index (χ3v) is 5.05. The van der Waals surface area contributed by atoms with Gasteiger partial charge in [-0.3, -0.25) is 4.79 Å². The van der Waals surface area contributed by atoms with Gasteiger partial charge in [0.05, 0.1) is 33.8 Å². The normalized spacial score (nSPS) is 10.8. The Morgan fingerprint density at radius 1 is 0.964 bits per heavy atom. The summed E-state index contributed by atoms with van der Waals surface area (Å²) in [6.07, 6.45) is 6.91. The molecule has 0 aliphatic heterocycles. The van der Waals surface area contributed by atoms with E-state index in [9.17, 15) is 4.79 Å². The van der Waals surface area contributed by atoms with Crippen LogP contribution >= 0.6 is 11.3 Å². The van der Waals surface area contributed by atoms with Crippen molar-refractivity contribution in [2.45, 2.75) is 6.92 Å². The summed E-state index contributed by atoms with van der Waals surface area (Å²) < 4.78 is 0. The van der Waals surface area contributed by atoms with Gasteiger partial charge >= 0.3 is 0 Å². The number of hydrogen-bond acceptors (Lipinski definition) is 5. The molecule has 0 N–H and O–H groups in total. The predicted molar refractivity (Wildman–Crippen MR) is 111 cm³/mol. The molecule has 1 heterocycles. The summed E-state index contributed by atoms with van der Waals surface area (Å²) in [6, 6.07) is 18.5. The van der Waals surface area contributed by atoms with Crippen molar-refractivity contribution in [2.24, 2.45) is 0 Å². The molecule has 0 fully saturated rings. The molecule has 0 aliphatic rings. The highest BCUT2D eigenvalue weighted by atomic mass is 32.1. The summed E-state index contributed by atoms with van der Waals surface area (Å²) in [4.78, 5) is 17.5. The molecule has 5 heteroatoms. The minimum Gasteiger partial charge on any atom is -0.288 e. The maximum absolute atomic E-state index is 12.5. The average Bonchev–Trinajstić information content (AvgIpc) is 3.11. The lowest BCUT2D eigenvalue weighted by molar-refractivity contribution is 0.105. The summed E-state index contributed by atoms with van der Waals surface area (Å²) in [5, 5.41) is 18.6. The quantitative estimate of drug-likeness (QED) is 0.446. The molecule has 0 saturated carbocycles. The van der Waals surface area contributed by atoms with Crippen LogP contribution in [-0.4, -0.2) is 10.8 Å². The SMILES string of the molecule is Cc1nc(C=Cc2cccc(C#N)c2)sc1C(=O)C=Cc1cccc(C#N)c1. The lowest BCUT2D eigenvalue weighted by atomic mass is 10.1. The fourth-order valence-corrected chi connectivity index (χ4v) is 3.45. The van der Waals surface area contributed by atoms with Gasteiger partial charge in [-0.05, 0) is 54.5 Å². The average molecular weight is 381 g/mol. The molecule has 3 aromatic rings.